The van der Waals surface area contributed by atoms with Crippen LogP contribution < -0.4 is 0 Å². The Bertz CT molecular complexity index is 1410. The van der Waals surface area contributed by atoms with Gasteiger partial charge < -0.3 is 5.53 Å². The minimum Gasteiger partial charge on any atom is -0.493 e. The zero-order chi connectivity index (χ0) is 39.1. The van der Waals surface area contributed by atoms with E-state index in [1.807, 2.05) is 0 Å². The van der Waals surface area contributed by atoms with Crippen molar-refractivity contribution in [3.63, 3.8) is 0 Å². The maximum Gasteiger partial charge on any atom is 0.211 e. The first kappa shape index (κ1) is 45.9. The van der Waals surface area contributed by atoms with E-state index in [2.05, 4.69) is 79.7 Å². The molecular weight excluding hydrogens is 653 g/mol. The molecule has 2 nitrogen and oxygen atoms in total. The largest absolute Gasteiger partial charge is 0.493 e. The molecule has 0 aliphatic carbocycles. The SMILES string of the molecule is CCCCCC1=C(c2cc(CCCCC)c(CCCCC)c(CCCCC)c2)[N+](=[N-])C(c2cc(CCCCC)c(CCCCC)c(CCCCC)c2)=C1C. The van der Waals surface area contributed by atoms with Gasteiger partial charge in [-0.15, -0.1) is 0 Å². The van der Waals surface area contributed by atoms with Crippen LogP contribution in [0, 0.1) is 0 Å². The van der Waals surface area contributed by atoms with Gasteiger partial charge in [-0.2, -0.15) is 0 Å². The molecule has 1 heterocycles. The van der Waals surface area contributed by atoms with Gasteiger partial charge in [0.2, 0.25) is 11.4 Å². The smallest absolute Gasteiger partial charge is 0.211 e. The van der Waals surface area contributed by atoms with Crippen LogP contribution in [-0.4, -0.2) is 4.70 Å². The van der Waals surface area contributed by atoms with Gasteiger partial charge in [-0.1, -0.05) is 138 Å². The van der Waals surface area contributed by atoms with Crippen LogP contribution in [0.5, 0.6) is 0 Å². The van der Waals surface area contributed by atoms with Crippen LogP contribution in [0.25, 0.3) is 16.9 Å². The molecule has 0 amide bonds. The molecule has 1 aliphatic rings. The maximum atomic E-state index is 12.7. The summed E-state index contributed by atoms with van der Waals surface area (Å²) >= 11 is 0. The molecule has 0 saturated carbocycles. The van der Waals surface area contributed by atoms with Crippen molar-refractivity contribution in [2.45, 2.75) is 235 Å². The van der Waals surface area contributed by atoms with E-state index >= 15 is 0 Å². The first-order chi connectivity index (χ1) is 26.4. The lowest BCUT2D eigenvalue weighted by molar-refractivity contribution is -0.345. The summed E-state index contributed by atoms with van der Waals surface area (Å²) in [5, 5.41) is 0. The Hall–Kier alpha value is -2.48. The third-order valence-corrected chi connectivity index (χ3v) is 12.2. The Morgan fingerprint density at radius 3 is 0.963 bits per heavy atom. The van der Waals surface area contributed by atoms with Gasteiger partial charge in [0.25, 0.3) is 0 Å². The second kappa shape index (κ2) is 26.4. The first-order valence-corrected chi connectivity index (χ1v) is 23.6. The molecule has 2 aromatic rings. The lowest BCUT2D eigenvalue weighted by Gasteiger charge is -2.20. The fourth-order valence-corrected chi connectivity index (χ4v) is 8.98. The average Bonchev–Trinajstić information content (AvgIpc) is 3.41. The summed E-state index contributed by atoms with van der Waals surface area (Å²) in [6.07, 6.45) is 34.3. The van der Waals surface area contributed by atoms with Gasteiger partial charge in [-0.3, -0.25) is 0 Å². The summed E-state index contributed by atoms with van der Waals surface area (Å²) in [5.41, 5.74) is 29.4. The molecule has 2 aromatic carbocycles. The average molecular weight is 737 g/mol. The quantitative estimate of drug-likeness (QED) is 0.0564. The van der Waals surface area contributed by atoms with Crippen molar-refractivity contribution in [3.8, 4) is 0 Å². The van der Waals surface area contributed by atoms with Crippen LogP contribution in [0.4, 0.5) is 0 Å². The number of hydrogen-bond acceptors (Lipinski definition) is 0. The van der Waals surface area contributed by atoms with Gasteiger partial charge in [0.15, 0.2) is 0 Å². The molecule has 54 heavy (non-hydrogen) atoms. The fraction of sp³-hybridized carbons (Fsp3) is 0.692. The minimum absolute atomic E-state index is 1.02. The third-order valence-electron chi connectivity index (χ3n) is 12.2. The van der Waals surface area contributed by atoms with Gasteiger partial charge in [0.1, 0.15) is 0 Å². The molecule has 302 valence electrons. The predicted octanol–water partition coefficient (Wildman–Crippen LogP) is 16.9. The Balaban J connectivity index is 2.25. The molecule has 3 rings (SSSR count). The molecule has 2 heteroatoms. The molecule has 0 saturated heterocycles. The highest BCUT2D eigenvalue weighted by Crippen LogP contribution is 2.44. The van der Waals surface area contributed by atoms with Gasteiger partial charge in [-0.05, 0) is 154 Å². The van der Waals surface area contributed by atoms with E-state index in [9.17, 15) is 5.53 Å². The maximum absolute atomic E-state index is 12.7. The Kier molecular flexibility index (Phi) is 22.4. The lowest BCUT2D eigenvalue weighted by Crippen LogP contribution is -2.09. The van der Waals surface area contributed by atoms with Crippen LogP contribution in [0.2, 0.25) is 0 Å². The number of aryl methyl sites for hydroxylation is 4. The standard InChI is InChI=1S/C52H84N2/c1-9-16-23-30-42-37-46(38-43(31-24-17-10-2)49(42)35-28-21-14-6)51-41(8)48(34-27-20-13-5)52(54(51)53)47-39-44(32-25-18-11-3)50(36-29-22-15-7)45(40-47)33-26-19-12-4/h37-40H,9-36H2,1-8H3. The molecule has 0 fully saturated rings. The second-order valence-corrected chi connectivity index (χ2v) is 16.9. The van der Waals surface area contributed by atoms with Crippen LogP contribution in [-0.2, 0) is 38.5 Å². The monoisotopic (exact) mass is 737 g/mol. The molecule has 0 bridgehead atoms. The molecule has 0 N–H and O–H groups in total. The van der Waals surface area contributed by atoms with E-state index in [0.29, 0.717) is 0 Å². The summed E-state index contributed by atoms with van der Waals surface area (Å²) in [6, 6.07) is 10.1. The predicted molar refractivity (Wildman–Crippen MR) is 240 cm³/mol. The molecule has 0 unspecified atom stereocenters. The summed E-state index contributed by atoms with van der Waals surface area (Å²) in [7, 11) is 0. The minimum atomic E-state index is 1.02. The second-order valence-electron chi connectivity index (χ2n) is 16.9. The van der Waals surface area contributed by atoms with E-state index in [1.165, 1.54) is 164 Å². The van der Waals surface area contributed by atoms with E-state index in [-0.39, 0.29) is 0 Å². The van der Waals surface area contributed by atoms with Crippen molar-refractivity contribution in [2.75, 3.05) is 0 Å². The van der Waals surface area contributed by atoms with Crippen molar-refractivity contribution in [3.05, 3.63) is 85.5 Å². The van der Waals surface area contributed by atoms with E-state index in [1.54, 1.807) is 38.1 Å². The molecule has 0 radical (unpaired) electrons. The van der Waals surface area contributed by atoms with Gasteiger partial charge in [0, 0.05) is 22.3 Å². The molecule has 1 aliphatic heterocycles. The van der Waals surface area contributed by atoms with Crippen molar-refractivity contribution in [2.24, 2.45) is 0 Å². The molecule has 0 atom stereocenters. The number of allylic oxidation sites excluding steroid dienone is 2. The Morgan fingerprint density at radius 1 is 0.370 bits per heavy atom. The van der Waals surface area contributed by atoms with Crippen molar-refractivity contribution in [1.29, 1.82) is 0 Å². The summed E-state index contributed by atoms with van der Waals surface area (Å²) in [6.45, 7) is 18.6. The topological polar surface area (TPSA) is 25.3 Å². The number of benzene rings is 2. The van der Waals surface area contributed by atoms with Crippen molar-refractivity contribution in [1.82, 2.24) is 0 Å². The number of hydrogen-bond donors (Lipinski definition) is 0. The van der Waals surface area contributed by atoms with Crippen LogP contribution in [0.1, 0.15) is 241 Å². The normalized spacial score (nSPS) is 13.3. The Labute approximate surface area is 335 Å². The summed E-state index contributed by atoms with van der Waals surface area (Å²) in [5.74, 6) is 0. The highest BCUT2D eigenvalue weighted by Gasteiger charge is 2.34. The van der Waals surface area contributed by atoms with Crippen molar-refractivity contribution < 1.29 is 4.70 Å². The molecule has 0 spiro atoms. The van der Waals surface area contributed by atoms with E-state index < -0.39 is 0 Å². The molecular formula is C52H84N2. The summed E-state index contributed by atoms with van der Waals surface area (Å²) in [4.78, 5) is 0. The molecule has 0 aromatic heterocycles. The number of rotatable bonds is 30. The zero-order valence-electron chi connectivity index (χ0n) is 37.0. The van der Waals surface area contributed by atoms with Gasteiger partial charge >= 0.3 is 0 Å². The van der Waals surface area contributed by atoms with Crippen LogP contribution in [0.15, 0.2) is 35.4 Å². The number of nitrogens with zero attached hydrogens (tertiary/aromatic N) is 2. The lowest BCUT2D eigenvalue weighted by atomic mass is 9.86. The number of unbranched alkanes of at least 4 members (excludes halogenated alkanes) is 14. The Morgan fingerprint density at radius 2 is 0.648 bits per heavy atom. The van der Waals surface area contributed by atoms with E-state index in [4.69, 9.17) is 0 Å². The highest BCUT2D eigenvalue weighted by molar-refractivity contribution is 5.82. The van der Waals surface area contributed by atoms with Gasteiger partial charge in [-0.25, -0.2) is 4.70 Å². The highest BCUT2D eigenvalue weighted by atomic mass is 15.2. The van der Waals surface area contributed by atoms with Gasteiger partial charge in [0.05, 0.1) is 0 Å². The fourth-order valence-electron chi connectivity index (χ4n) is 8.98. The zero-order valence-corrected chi connectivity index (χ0v) is 37.0. The first-order valence-electron chi connectivity index (χ1n) is 23.6. The van der Waals surface area contributed by atoms with Crippen molar-refractivity contribution >= 4 is 11.4 Å². The van der Waals surface area contributed by atoms with E-state index in [0.717, 1.165) is 49.9 Å². The van der Waals surface area contributed by atoms with Crippen LogP contribution >= 0.6 is 0 Å². The third kappa shape index (κ3) is 13.6. The summed E-state index contributed by atoms with van der Waals surface area (Å²) < 4.78 is 1.67. The van der Waals surface area contributed by atoms with Crippen LogP contribution in [0.3, 0.4) is 0 Å².